The summed E-state index contributed by atoms with van der Waals surface area (Å²) < 4.78 is 5.12. The van der Waals surface area contributed by atoms with Gasteiger partial charge in [-0.25, -0.2) is 0 Å². The number of hydrogen-bond donors (Lipinski definition) is 1. The average molecular weight is 301 g/mol. The van der Waals surface area contributed by atoms with E-state index in [0.717, 1.165) is 35.8 Å². The number of amides is 1. The fraction of sp³-hybridized carbons (Fsp3) is 0.353. The first-order valence-corrected chi connectivity index (χ1v) is 8.10. The van der Waals surface area contributed by atoms with Crippen molar-refractivity contribution in [2.75, 3.05) is 12.4 Å². The number of benzene rings is 1. The highest BCUT2D eigenvalue weighted by molar-refractivity contribution is 7.10. The van der Waals surface area contributed by atoms with E-state index >= 15 is 0 Å². The number of ether oxygens (including phenoxy) is 1. The molecule has 0 aliphatic heterocycles. The molecule has 1 atom stereocenters. The molecule has 1 aromatic heterocycles. The van der Waals surface area contributed by atoms with E-state index in [1.807, 2.05) is 29.6 Å². The van der Waals surface area contributed by atoms with Gasteiger partial charge in [-0.15, -0.1) is 11.3 Å². The Bertz CT molecular complexity index is 645. The van der Waals surface area contributed by atoms with Crippen molar-refractivity contribution in [2.24, 2.45) is 5.92 Å². The van der Waals surface area contributed by atoms with Gasteiger partial charge in [0.05, 0.1) is 12.7 Å². The van der Waals surface area contributed by atoms with Crippen molar-refractivity contribution >= 4 is 22.9 Å². The lowest BCUT2D eigenvalue weighted by Gasteiger charge is -2.18. The molecule has 4 heteroatoms. The molecule has 0 radical (unpaired) electrons. The molecule has 1 aliphatic rings. The van der Waals surface area contributed by atoms with Gasteiger partial charge in [-0.05, 0) is 55.0 Å². The molecule has 21 heavy (non-hydrogen) atoms. The fourth-order valence-corrected chi connectivity index (χ4v) is 3.98. The number of methoxy groups -OCH3 is 1. The third-order valence-corrected chi connectivity index (χ3v) is 5.05. The molecule has 3 rings (SSSR count). The quantitative estimate of drug-likeness (QED) is 0.925. The predicted octanol–water partition coefficient (Wildman–Crippen LogP) is 4.13. The van der Waals surface area contributed by atoms with Crippen molar-refractivity contribution in [3.8, 4) is 5.75 Å². The number of carbonyl (C=O) groups is 1. The maximum atomic E-state index is 12.4. The van der Waals surface area contributed by atoms with Crippen LogP contribution >= 0.6 is 11.3 Å². The number of hydrogen-bond acceptors (Lipinski definition) is 3. The highest BCUT2D eigenvalue weighted by Gasteiger charge is 2.23. The molecule has 1 aromatic carbocycles. The number of carbonyl (C=O) groups excluding carboxylic acids is 1. The summed E-state index contributed by atoms with van der Waals surface area (Å²) >= 11 is 1.72. The Kier molecular flexibility index (Phi) is 3.97. The molecule has 0 fully saturated rings. The lowest BCUT2D eigenvalue weighted by atomic mass is 9.88. The molecule has 2 aromatic rings. The first-order valence-electron chi connectivity index (χ1n) is 7.22. The lowest BCUT2D eigenvalue weighted by Crippen LogP contribution is -2.16. The van der Waals surface area contributed by atoms with Gasteiger partial charge in [0.2, 0.25) is 0 Å². The van der Waals surface area contributed by atoms with Crippen LogP contribution in [0.3, 0.4) is 0 Å². The van der Waals surface area contributed by atoms with Crippen LogP contribution < -0.4 is 10.1 Å². The van der Waals surface area contributed by atoms with Gasteiger partial charge in [-0.1, -0.05) is 6.92 Å². The second-order valence-corrected chi connectivity index (χ2v) is 6.55. The Balaban J connectivity index is 1.76. The smallest absolute Gasteiger partial charge is 0.256 e. The van der Waals surface area contributed by atoms with Crippen LogP contribution in [0.4, 0.5) is 5.69 Å². The number of rotatable bonds is 3. The van der Waals surface area contributed by atoms with Crippen LogP contribution in [0, 0.1) is 5.92 Å². The van der Waals surface area contributed by atoms with E-state index in [1.165, 1.54) is 16.9 Å². The zero-order chi connectivity index (χ0) is 14.8. The van der Waals surface area contributed by atoms with Crippen molar-refractivity contribution in [1.82, 2.24) is 0 Å². The van der Waals surface area contributed by atoms with Crippen molar-refractivity contribution < 1.29 is 9.53 Å². The average Bonchev–Trinajstić information content (AvgIpc) is 2.91. The summed E-state index contributed by atoms with van der Waals surface area (Å²) in [6.45, 7) is 2.28. The van der Waals surface area contributed by atoms with Crippen LogP contribution in [0.25, 0.3) is 0 Å². The Morgan fingerprint density at radius 1 is 1.33 bits per heavy atom. The van der Waals surface area contributed by atoms with Crippen LogP contribution in [0.15, 0.2) is 29.6 Å². The summed E-state index contributed by atoms with van der Waals surface area (Å²) in [4.78, 5) is 13.8. The Hall–Kier alpha value is -1.81. The maximum absolute atomic E-state index is 12.4. The van der Waals surface area contributed by atoms with Gasteiger partial charge in [-0.3, -0.25) is 4.79 Å². The minimum atomic E-state index is -0.00720. The second kappa shape index (κ2) is 5.90. The van der Waals surface area contributed by atoms with Crippen molar-refractivity contribution in [2.45, 2.75) is 26.2 Å². The molecule has 0 saturated heterocycles. The molecule has 1 amide bonds. The molecule has 0 saturated carbocycles. The molecule has 1 unspecified atom stereocenters. The predicted molar refractivity (Wildman–Crippen MR) is 86.5 cm³/mol. The number of anilines is 1. The number of fused-ring (bicyclic) bond motifs is 1. The summed E-state index contributed by atoms with van der Waals surface area (Å²) in [6.07, 6.45) is 3.30. The minimum absolute atomic E-state index is 0.00720. The molecule has 3 nitrogen and oxygen atoms in total. The molecule has 0 spiro atoms. The third-order valence-electron chi connectivity index (χ3n) is 3.99. The Morgan fingerprint density at radius 2 is 2.10 bits per heavy atom. The van der Waals surface area contributed by atoms with E-state index in [0.29, 0.717) is 0 Å². The molecule has 110 valence electrons. The molecular weight excluding hydrogens is 282 g/mol. The monoisotopic (exact) mass is 301 g/mol. The zero-order valence-electron chi connectivity index (χ0n) is 12.3. The van der Waals surface area contributed by atoms with E-state index < -0.39 is 0 Å². The second-order valence-electron chi connectivity index (χ2n) is 5.58. The largest absolute Gasteiger partial charge is 0.497 e. The summed E-state index contributed by atoms with van der Waals surface area (Å²) in [5, 5.41) is 4.97. The summed E-state index contributed by atoms with van der Waals surface area (Å²) in [5.74, 6) is 1.51. The Labute approximate surface area is 129 Å². The standard InChI is InChI=1S/C17H19NO2S/c1-11-3-8-14-15(10-21-16(14)9-11)17(19)18-12-4-6-13(20-2)7-5-12/h4-7,10-11H,3,8-9H2,1-2H3,(H,18,19). The normalized spacial score (nSPS) is 17.1. The Morgan fingerprint density at radius 3 is 2.81 bits per heavy atom. The van der Waals surface area contributed by atoms with E-state index in [1.54, 1.807) is 18.4 Å². The van der Waals surface area contributed by atoms with E-state index in [9.17, 15) is 4.79 Å². The van der Waals surface area contributed by atoms with Crippen molar-refractivity contribution in [1.29, 1.82) is 0 Å². The van der Waals surface area contributed by atoms with E-state index in [2.05, 4.69) is 12.2 Å². The molecule has 0 bridgehead atoms. The summed E-state index contributed by atoms with van der Waals surface area (Å²) in [5.41, 5.74) is 2.90. The highest BCUT2D eigenvalue weighted by atomic mass is 32.1. The zero-order valence-corrected chi connectivity index (χ0v) is 13.1. The molecule has 1 N–H and O–H groups in total. The van der Waals surface area contributed by atoms with Crippen molar-refractivity contribution in [3.05, 3.63) is 45.6 Å². The van der Waals surface area contributed by atoms with Gasteiger partial charge in [0.1, 0.15) is 5.75 Å². The van der Waals surface area contributed by atoms with Crippen LogP contribution in [0.2, 0.25) is 0 Å². The third kappa shape index (κ3) is 2.95. The van der Waals surface area contributed by atoms with Crippen molar-refractivity contribution in [3.63, 3.8) is 0 Å². The van der Waals surface area contributed by atoms with Gasteiger partial charge in [0.15, 0.2) is 0 Å². The van der Waals surface area contributed by atoms with Gasteiger partial charge >= 0.3 is 0 Å². The van der Waals surface area contributed by atoms with Crippen LogP contribution in [-0.4, -0.2) is 13.0 Å². The molecular formula is C17H19NO2S. The topological polar surface area (TPSA) is 38.3 Å². The SMILES string of the molecule is COc1ccc(NC(=O)c2csc3c2CCC(C)C3)cc1. The first kappa shape index (κ1) is 14.1. The fourth-order valence-electron chi connectivity index (χ4n) is 2.74. The molecule has 1 aliphatic carbocycles. The van der Waals surface area contributed by atoms with Gasteiger partial charge < -0.3 is 10.1 Å². The highest BCUT2D eigenvalue weighted by Crippen LogP contribution is 2.33. The molecule has 1 heterocycles. The van der Waals surface area contributed by atoms with E-state index in [4.69, 9.17) is 4.74 Å². The number of nitrogens with one attached hydrogen (secondary N) is 1. The van der Waals surface area contributed by atoms with Gasteiger partial charge in [-0.2, -0.15) is 0 Å². The van der Waals surface area contributed by atoms with Gasteiger partial charge in [0.25, 0.3) is 5.91 Å². The minimum Gasteiger partial charge on any atom is -0.497 e. The van der Waals surface area contributed by atoms with Gasteiger partial charge in [0, 0.05) is 15.9 Å². The van der Waals surface area contributed by atoms with Crippen LogP contribution in [0.1, 0.15) is 34.1 Å². The van der Waals surface area contributed by atoms with Crippen LogP contribution in [0.5, 0.6) is 5.75 Å². The maximum Gasteiger partial charge on any atom is 0.256 e. The summed E-state index contributed by atoms with van der Waals surface area (Å²) in [6, 6.07) is 7.41. The first-order chi connectivity index (χ1) is 10.2. The van der Waals surface area contributed by atoms with Crippen LogP contribution in [-0.2, 0) is 12.8 Å². The summed E-state index contributed by atoms with van der Waals surface area (Å²) in [7, 11) is 1.63. The van der Waals surface area contributed by atoms with E-state index in [-0.39, 0.29) is 5.91 Å². The lowest BCUT2D eigenvalue weighted by molar-refractivity contribution is 0.102. The number of thiophene rings is 1.